The topological polar surface area (TPSA) is 32.3 Å². The van der Waals surface area contributed by atoms with Crippen LogP contribution < -0.4 is 5.32 Å². The Morgan fingerprint density at radius 2 is 1.86 bits per heavy atom. The minimum absolute atomic E-state index is 0.256. The Bertz CT molecular complexity index is 447. The highest BCUT2D eigenvalue weighted by Crippen LogP contribution is 2.40. The monoisotopic (exact) mass is 288 g/mol. The molecule has 0 saturated heterocycles. The van der Waals surface area contributed by atoms with Crippen LogP contribution in [0.5, 0.6) is 0 Å². The van der Waals surface area contributed by atoms with E-state index < -0.39 is 0 Å². The molecule has 0 aliphatic heterocycles. The third-order valence-corrected chi connectivity index (χ3v) is 4.35. The van der Waals surface area contributed by atoms with E-state index in [2.05, 4.69) is 36.5 Å². The van der Waals surface area contributed by atoms with Gasteiger partial charge in [-0.1, -0.05) is 29.8 Å². The second-order valence-corrected chi connectivity index (χ2v) is 6.00. The minimum atomic E-state index is 0.256. The first kappa shape index (κ1) is 16.0. The van der Waals surface area contributed by atoms with Crippen LogP contribution in [-0.2, 0) is 4.79 Å². The Kier molecular flexibility index (Phi) is 5.80. The summed E-state index contributed by atoms with van der Waals surface area (Å²) in [6.45, 7) is 8.57. The standard InChI is InChI=1S/C18H28N2O/c1-4-20(5-2)17(21)12-13-19-18(16-10-11-16)15-8-6-14(3)7-9-15/h6-9,16,18-19H,4-5,10-13H2,1-3H3. The number of hydrogen-bond donors (Lipinski definition) is 1. The molecule has 0 aromatic heterocycles. The van der Waals surface area contributed by atoms with E-state index >= 15 is 0 Å². The van der Waals surface area contributed by atoms with Crippen molar-refractivity contribution in [3.8, 4) is 0 Å². The van der Waals surface area contributed by atoms with Gasteiger partial charge in [0.05, 0.1) is 0 Å². The van der Waals surface area contributed by atoms with E-state index in [-0.39, 0.29) is 5.91 Å². The van der Waals surface area contributed by atoms with Gasteiger partial charge in [-0.25, -0.2) is 0 Å². The normalized spacial score (nSPS) is 15.8. The maximum atomic E-state index is 12.0. The predicted molar refractivity (Wildman–Crippen MR) is 87.2 cm³/mol. The van der Waals surface area contributed by atoms with Crippen molar-refractivity contribution in [2.45, 2.75) is 46.1 Å². The fourth-order valence-electron chi connectivity index (χ4n) is 2.83. The Hall–Kier alpha value is -1.35. The summed E-state index contributed by atoms with van der Waals surface area (Å²) in [5, 5.41) is 3.60. The molecular weight excluding hydrogens is 260 g/mol. The van der Waals surface area contributed by atoms with Crippen LogP contribution >= 0.6 is 0 Å². The average Bonchev–Trinajstić information content (AvgIpc) is 3.31. The number of carbonyl (C=O) groups is 1. The number of carbonyl (C=O) groups excluding carboxylic acids is 1. The number of nitrogens with one attached hydrogen (secondary N) is 1. The second kappa shape index (κ2) is 7.60. The molecule has 3 heteroatoms. The molecule has 1 N–H and O–H groups in total. The van der Waals surface area contributed by atoms with Gasteiger partial charge < -0.3 is 10.2 Å². The van der Waals surface area contributed by atoms with E-state index in [1.165, 1.54) is 24.0 Å². The fourth-order valence-corrected chi connectivity index (χ4v) is 2.83. The molecule has 1 saturated carbocycles. The number of aryl methyl sites for hydroxylation is 1. The molecule has 1 aromatic rings. The van der Waals surface area contributed by atoms with Crippen molar-refractivity contribution in [3.63, 3.8) is 0 Å². The minimum Gasteiger partial charge on any atom is -0.343 e. The first-order valence-corrected chi connectivity index (χ1v) is 8.23. The largest absolute Gasteiger partial charge is 0.343 e. The molecular formula is C18H28N2O. The van der Waals surface area contributed by atoms with Crippen molar-refractivity contribution in [2.75, 3.05) is 19.6 Å². The van der Waals surface area contributed by atoms with Gasteiger partial charge in [-0.05, 0) is 45.1 Å². The first-order valence-electron chi connectivity index (χ1n) is 8.23. The van der Waals surface area contributed by atoms with E-state index in [1.54, 1.807) is 0 Å². The van der Waals surface area contributed by atoms with Crippen molar-refractivity contribution >= 4 is 5.91 Å². The zero-order valence-electron chi connectivity index (χ0n) is 13.6. The molecule has 1 aromatic carbocycles. The van der Waals surface area contributed by atoms with Gasteiger partial charge >= 0.3 is 0 Å². The highest BCUT2D eigenvalue weighted by molar-refractivity contribution is 5.76. The van der Waals surface area contributed by atoms with Gasteiger partial charge in [0.25, 0.3) is 0 Å². The summed E-state index contributed by atoms with van der Waals surface area (Å²) in [4.78, 5) is 13.9. The summed E-state index contributed by atoms with van der Waals surface area (Å²) >= 11 is 0. The summed E-state index contributed by atoms with van der Waals surface area (Å²) in [6.07, 6.45) is 3.20. The smallest absolute Gasteiger partial charge is 0.223 e. The molecule has 0 bridgehead atoms. The molecule has 1 aliphatic carbocycles. The van der Waals surface area contributed by atoms with Gasteiger partial charge in [0.1, 0.15) is 0 Å². The molecule has 1 unspecified atom stereocenters. The van der Waals surface area contributed by atoms with E-state index in [0.717, 1.165) is 25.6 Å². The third-order valence-electron chi connectivity index (χ3n) is 4.35. The average molecular weight is 288 g/mol. The van der Waals surface area contributed by atoms with Crippen LogP contribution in [0.2, 0.25) is 0 Å². The SMILES string of the molecule is CCN(CC)C(=O)CCNC(c1ccc(C)cc1)C1CC1. The zero-order valence-corrected chi connectivity index (χ0v) is 13.6. The lowest BCUT2D eigenvalue weighted by atomic mass is 10.0. The predicted octanol–water partition coefficient (Wildman–Crippen LogP) is 3.29. The molecule has 0 heterocycles. The molecule has 0 radical (unpaired) electrons. The van der Waals surface area contributed by atoms with E-state index in [4.69, 9.17) is 0 Å². The maximum absolute atomic E-state index is 12.0. The van der Waals surface area contributed by atoms with Crippen LogP contribution in [0.1, 0.15) is 50.3 Å². The zero-order chi connectivity index (χ0) is 15.2. The molecule has 2 rings (SSSR count). The number of nitrogens with zero attached hydrogens (tertiary/aromatic N) is 1. The number of amides is 1. The summed E-state index contributed by atoms with van der Waals surface area (Å²) in [5.41, 5.74) is 2.66. The Balaban J connectivity index is 1.87. The molecule has 1 amide bonds. The molecule has 1 aliphatic rings. The van der Waals surface area contributed by atoms with E-state index in [0.29, 0.717) is 12.5 Å². The Morgan fingerprint density at radius 3 is 2.38 bits per heavy atom. The van der Waals surface area contributed by atoms with Crippen molar-refractivity contribution in [1.29, 1.82) is 0 Å². The molecule has 1 fully saturated rings. The lowest BCUT2D eigenvalue weighted by Gasteiger charge is -2.21. The maximum Gasteiger partial charge on any atom is 0.223 e. The summed E-state index contributed by atoms with van der Waals surface area (Å²) in [6, 6.07) is 9.20. The van der Waals surface area contributed by atoms with Gasteiger partial charge in [0, 0.05) is 32.1 Å². The van der Waals surface area contributed by atoms with Crippen LogP contribution in [0.15, 0.2) is 24.3 Å². The van der Waals surface area contributed by atoms with Gasteiger partial charge in [0.15, 0.2) is 0 Å². The molecule has 116 valence electrons. The van der Waals surface area contributed by atoms with Gasteiger partial charge in [0.2, 0.25) is 5.91 Å². The van der Waals surface area contributed by atoms with Crippen LogP contribution in [0.4, 0.5) is 0 Å². The number of benzene rings is 1. The quantitative estimate of drug-likeness (QED) is 0.796. The van der Waals surface area contributed by atoms with Crippen molar-refractivity contribution in [1.82, 2.24) is 10.2 Å². The highest BCUT2D eigenvalue weighted by atomic mass is 16.2. The third kappa shape index (κ3) is 4.57. The first-order chi connectivity index (χ1) is 10.2. The number of hydrogen-bond acceptors (Lipinski definition) is 2. The van der Waals surface area contributed by atoms with Crippen molar-refractivity contribution in [3.05, 3.63) is 35.4 Å². The van der Waals surface area contributed by atoms with Crippen molar-refractivity contribution in [2.24, 2.45) is 5.92 Å². The Morgan fingerprint density at radius 1 is 1.24 bits per heavy atom. The second-order valence-electron chi connectivity index (χ2n) is 6.00. The van der Waals surface area contributed by atoms with E-state index in [1.807, 2.05) is 18.7 Å². The lowest BCUT2D eigenvalue weighted by Crippen LogP contribution is -2.34. The molecule has 21 heavy (non-hydrogen) atoms. The van der Waals surface area contributed by atoms with Gasteiger partial charge in [-0.15, -0.1) is 0 Å². The molecule has 3 nitrogen and oxygen atoms in total. The van der Waals surface area contributed by atoms with Crippen LogP contribution in [-0.4, -0.2) is 30.4 Å². The van der Waals surface area contributed by atoms with Gasteiger partial charge in [-0.3, -0.25) is 4.79 Å². The summed E-state index contributed by atoms with van der Waals surface area (Å²) < 4.78 is 0. The Labute approximate surface area is 128 Å². The molecule has 0 spiro atoms. The van der Waals surface area contributed by atoms with Crippen molar-refractivity contribution < 1.29 is 4.79 Å². The lowest BCUT2D eigenvalue weighted by molar-refractivity contribution is -0.130. The van der Waals surface area contributed by atoms with E-state index in [9.17, 15) is 4.79 Å². The van der Waals surface area contributed by atoms with Crippen LogP contribution in [0.3, 0.4) is 0 Å². The molecule has 1 atom stereocenters. The van der Waals surface area contributed by atoms with Crippen LogP contribution in [0, 0.1) is 12.8 Å². The summed E-state index contributed by atoms with van der Waals surface area (Å²) in [7, 11) is 0. The highest BCUT2D eigenvalue weighted by Gasteiger charge is 2.31. The summed E-state index contributed by atoms with van der Waals surface area (Å²) in [5.74, 6) is 1.00. The fraction of sp³-hybridized carbons (Fsp3) is 0.611. The number of rotatable bonds is 8. The van der Waals surface area contributed by atoms with Crippen LogP contribution in [0.25, 0.3) is 0 Å². The van der Waals surface area contributed by atoms with Gasteiger partial charge in [-0.2, -0.15) is 0 Å².